The molecule has 0 atom stereocenters. The maximum absolute atomic E-state index is 13.4. The third kappa shape index (κ3) is 5.65. The molecule has 2 aromatic rings. The van der Waals surface area contributed by atoms with Crippen LogP contribution in [0.2, 0.25) is 0 Å². The molecular formula is C17H17BrFNO3. The van der Waals surface area contributed by atoms with Gasteiger partial charge in [-0.25, -0.2) is 4.39 Å². The predicted octanol–water partition coefficient (Wildman–Crippen LogP) is 3.79. The van der Waals surface area contributed by atoms with Gasteiger partial charge < -0.3 is 14.8 Å². The van der Waals surface area contributed by atoms with Crippen LogP contribution >= 0.6 is 15.9 Å². The number of benzene rings is 2. The Bertz CT molecular complexity index is 679. The lowest BCUT2D eigenvalue weighted by atomic mass is 10.1. The topological polar surface area (TPSA) is 47.6 Å². The fraction of sp³-hybridized carbons (Fsp3) is 0.235. The zero-order chi connectivity index (χ0) is 16.7. The van der Waals surface area contributed by atoms with Gasteiger partial charge in [-0.1, -0.05) is 28.1 Å². The first-order valence-electron chi connectivity index (χ1n) is 7.04. The van der Waals surface area contributed by atoms with Crippen molar-refractivity contribution >= 4 is 27.5 Å². The summed E-state index contributed by atoms with van der Waals surface area (Å²) in [6.07, 6.45) is 0.188. The summed E-state index contributed by atoms with van der Waals surface area (Å²) in [7, 11) is 1.56. The van der Waals surface area contributed by atoms with Gasteiger partial charge in [0.1, 0.15) is 18.2 Å². The molecule has 6 heteroatoms. The Balaban J connectivity index is 2.05. The van der Waals surface area contributed by atoms with Crippen LogP contribution < -0.4 is 10.1 Å². The van der Waals surface area contributed by atoms with E-state index in [0.29, 0.717) is 24.7 Å². The van der Waals surface area contributed by atoms with Crippen molar-refractivity contribution in [3.05, 3.63) is 58.3 Å². The van der Waals surface area contributed by atoms with Gasteiger partial charge in [0.25, 0.3) is 0 Å². The zero-order valence-electron chi connectivity index (χ0n) is 12.6. The second kappa shape index (κ2) is 8.64. The highest BCUT2D eigenvalue weighted by atomic mass is 79.9. The Hall–Kier alpha value is -1.92. The molecular weight excluding hydrogens is 365 g/mol. The van der Waals surface area contributed by atoms with Crippen LogP contribution in [0.5, 0.6) is 5.75 Å². The summed E-state index contributed by atoms with van der Waals surface area (Å²) in [5.74, 6) is -0.279. The van der Waals surface area contributed by atoms with Crippen LogP contribution in [0.15, 0.2) is 46.9 Å². The number of carbonyl (C=O) groups excluding carboxylic acids is 1. The molecule has 0 aliphatic rings. The first-order valence-corrected chi connectivity index (χ1v) is 7.83. The highest BCUT2D eigenvalue weighted by Crippen LogP contribution is 2.25. The molecule has 2 rings (SSSR count). The van der Waals surface area contributed by atoms with Gasteiger partial charge in [-0.3, -0.25) is 4.79 Å². The molecule has 0 unspecified atom stereocenters. The summed E-state index contributed by atoms with van der Waals surface area (Å²) in [5, 5.41) is 2.69. The van der Waals surface area contributed by atoms with E-state index in [1.165, 1.54) is 18.2 Å². The van der Waals surface area contributed by atoms with Gasteiger partial charge in [0.05, 0.1) is 18.7 Å². The van der Waals surface area contributed by atoms with Crippen LogP contribution in [0.1, 0.15) is 5.56 Å². The maximum atomic E-state index is 13.4. The second-order valence-electron chi connectivity index (χ2n) is 4.84. The molecule has 0 radical (unpaired) electrons. The molecule has 1 amide bonds. The van der Waals surface area contributed by atoms with Gasteiger partial charge in [0.2, 0.25) is 5.91 Å². The first kappa shape index (κ1) is 17.4. The third-order valence-corrected chi connectivity index (χ3v) is 3.51. The number of halogens is 2. The van der Waals surface area contributed by atoms with Crippen LogP contribution in [0.3, 0.4) is 0 Å². The summed E-state index contributed by atoms with van der Waals surface area (Å²) in [6.45, 7) is 0.722. The molecule has 0 heterocycles. The van der Waals surface area contributed by atoms with E-state index >= 15 is 0 Å². The van der Waals surface area contributed by atoms with Gasteiger partial charge >= 0.3 is 0 Å². The summed E-state index contributed by atoms with van der Waals surface area (Å²) in [5.41, 5.74) is 1.16. The molecule has 0 saturated carbocycles. The van der Waals surface area contributed by atoms with E-state index in [4.69, 9.17) is 9.47 Å². The molecule has 0 spiro atoms. The van der Waals surface area contributed by atoms with Crippen molar-refractivity contribution in [2.24, 2.45) is 0 Å². The molecule has 2 aromatic carbocycles. The molecule has 122 valence electrons. The summed E-state index contributed by atoms with van der Waals surface area (Å²) in [6, 6.07) is 11.5. The van der Waals surface area contributed by atoms with Gasteiger partial charge in [0, 0.05) is 17.6 Å². The first-order chi connectivity index (χ1) is 11.1. The number of rotatable bonds is 7. The number of hydrogen-bond donors (Lipinski definition) is 1. The number of hydrogen-bond acceptors (Lipinski definition) is 3. The minimum absolute atomic E-state index is 0.188. The standard InChI is InChI=1S/C17H17BrFNO3/c1-22-7-8-23-16-6-5-14(19)11-15(16)20-17(21)10-12-3-2-4-13(18)9-12/h2-6,9,11H,7-8,10H2,1H3,(H,20,21). The lowest BCUT2D eigenvalue weighted by Gasteiger charge is -2.12. The number of amides is 1. The van der Waals surface area contributed by atoms with E-state index in [9.17, 15) is 9.18 Å². The molecule has 1 N–H and O–H groups in total. The van der Waals surface area contributed by atoms with Crippen molar-refractivity contribution in [3.8, 4) is 5.75 Å². The fourth-order valence-electron chi connectivity index (χ4n) is 1.99. The van der Waals surface area contributed by atoms with Crippen molar-refractivity contribution in [2.75, 3.05) is 25.6 Å². The van der Waals surface area contributed by atoms with Crippen molar-refractivity contribution in [1.29, 1.82) is 0 Å². The molecule has 0 bridgehead atoms. The van der Waals surface area contributed by atoms with Crippen molar-refractivity contribution in [3.63, 3.8) is 0 Å². The van der Waals surface area contributed by atoms with Gasteiger partial charge in [0.15, 0.2) is 0 Å². The highest BCUT2D eigenvalue weighted by Gasteiger charge is 2.10. The SMILES string of the molecule is COCCOc1ccc(F)cc1NC(=O)Cc1cccc(Br)c1. The monoisotopic (exact) mass is 381 g/mol. The van der Waals surface area contributed by atoms with Crippen LogP contribution in [-0.2, 0) is 16.0 Å². The largest absolute Gasteiger partial charge is 0.489 e. The van der Waals surface area contributed by atoms with Gasteiger partial charge in [-0.15, -0.1) is 0 Å². The highest BCUT2D eigenvalue weighted by molar-refractivity contribution is 9.10. The normalized spacial score (nSPS) is 10.4. The van der Waals surface area contributed by atoms with Gasteiger partial charge in [-0.05, 0) is 29.8 Å². The molecule has 0 aliphatic carbocycles. The number of nitrogens with one attached hydrogen (secondary N) is 1. The lowest BCUT2D eigenvalue weighted by molar-refractivity contribution is -0.115. The lowest BCUT2D eigenvalue weighted by Crippen LogP contribution is -2.16. The van der Waals surface area contributed by atoms with Crippen molar-refractivity contribution in [1.82, 2.24) is 0 Å². The fourth-order valence-corrected chi connectivity index (χ4v) is 2.43. The average Bonchev–Trinajstić information content (AvgIpc) is 2.49. The zero-order valence-corrected chi connectivity index (χ0v) is 14.2. The van der Waals surface area contributed by atoms with E-state index in [2.05, 4.69) is 21.2 Å². The van der Waals surface area contributed by atoms with Crippen LogP contribution in [-0.4, -0.2) is 26.2 Å². The maximum Gasteiger partial charge on any atom is 0.228 e. The Morgan fingerprint density at radius 3 is 2.78 bits per heavy atom. The van der Waals surface area contributed by atoms with Crippen LogP contribution in [0.25, 0.3) is 0 Å². The number of anilines is 1. The average molecular weight is 382 g/mol. The number of carbonyl (C=O) groups is 1. The Labute approximate surface area is 142 Å². The molecule has 0 aliphatic heterocycles. The van der Waals surface area contributed by atoms with E-state index in [0.717, 1.165) is 10.0 Å². The Morgan fingerprint density at radius 2 is 2.04 bits per heavy atom. The Kier molecular flexibility index (Phi) is 6.55. The molecule has 0 saturated heterocycles. The summed E-state index contributed by atoms with van der Waals surface area (Å²) < 4.78 is 24.7. The van der Waals surface area contributed by atoms with Crippen LogP contribution in [0.4, 0.5) is 10.1 Å². The Morgan fingerprint density at radius 1 is 1.22 bits per heavy atom. The molecule has 0 fully saturated rings. The third-order valence-electron chi connectivity index (χ3n) is 3.01. The van der Waals surface area contributed by atoms with Gasteiger partial charge in [-0.2, -0.15) is 0 Å². The number of methoxy groups -OCH3 is 1. The van der Waals surface area contributed by atoms with E-state index in [1.54, 1.807) is 7.11 Å². The smallest absolute Gasteiger partial charge is 0.228 e. The van der Waals surface area contributed by atoms with Crippen LogP contribution in [0, 0.1) is 5.82 Å². The van der Waals surface area contributed by atoms with Crippen molar-refractivity contribution in [2.45, 2.75) is 6.42 Å². The van der Waals surface area contributed by atoms with E-state index < -0.39 is 5.82 Å². The minimum Gasteiger partial charge on any atom is -0.489 e. The molecule has 23 heavy (non-hydrogen) atoms. The summed E-state index contributed by atoms with van der Waals surface area (Å²) >= 11 is 3.36. The quantitative estimate of drug-likeness (QED) is 0.742. The van der Waals surface area contributed by atoms with E-state index in [-0.39, 0.29) is 12.3 Å². The number of ether oxygens (including phenoxy) is 2. The molecule has 0 aromatic heterocycles. The minimum atomic E-state index is -0.443. The second-order valence-corrected chi connectivity index (χ2v) is 5.75. The van der Waals surface area contributed by atoms with E-state index in [1.807, 2.05) is 24.3 Å². The summed E-state index contributed by atoms with van der Waals surface area (Å²) in [4.78, 5) is 12.2. The van der Waals surface area contributed by atoms with Crippen molar-refractivity contribution < 1.29 is 18.7 Å². The molecule has 4 nitrogen and oxygen atoms in total. The predicted molar refractivity (Wildman–Crippen MR) is 90.2 cm³/mol.